The molecule has 1 aliphatic rings. The van der Waals surface area contributed by atoms with Gasteiger partial charge in [0.15, 0.2) is 5.16 Å². The van der Waals surface area contributed by atoms with Gasteiger partial charge in [-0.05, 0) is 69.4 Å². The first-order valence-electron chi connectivity index (χ1n) is 10.4. The molecule has 4 rings (SSSR count). The van der Waals surface area contributed by atoms with Crippen molar-refractivity contribution in [1.29, 1.82) is 0 Å². The monoisotopic (exact) mass is 442 g/mol. The van der Waals surface area contributed by atoms with Gasteiger partial charge in [0.25, 0.3) is 5.56 Å². The molecular weight excluding hydrogens is 416 g/mol. The molecule has 0 spiro atoms. The van der Waals surface area contributed by atoms with Crippen molar-refractivity contribution in [2.75, 3.05) is 29.1 Å². The van der Waals surface area contributed by atoms with E-state index in [0.717, 1.165) is 53.9 Å². The minimum Gasteiger partial charge on any atom is -0.372 e. The van der Waals surface area contributed by atoms with Crippen molar-refractivity contribution < 1.29 is 4.79 Å². The van der Waals surface area contributed by atoms with Crippen LogP contribution in [0.2, 0.25) is 0 Å². The number of benzene rings is 1. The van der Waals surface area contributed by atoms with Crippen LogP contribution in [0.15, 0.2) is 34.2 Å². The maximum atomic E-state index is 12.6. The predicted molar refractivity (Wildman–Crippen MR) is 126 cm³/mol. The number of carbonyl (C=O) groups is 1. The molecule has 0 radical (unpaired) electrons. The minimum absolute atomic E-state index is 0.0886. The second-order valence-corrected chi connectivity index (χ2v) is 9.37. The van der Waals surface area contributed by atoms with Gasteiger partial charge in [0.1, 0.15) is 4.83 Å². The quantitative estimate of drug-likeness (QED) is 0.418. The van der Waals surface area contributed by atoms with E-state index >= 15 is 0 Å². The van der Waals surface area contributed by atoms with Crippen molar-refractivity contribution in [3.8, 4) is 0 Å². The first-order valence-corrected chi connectivity index (χ1v) is 12.2. The summed E-state index contributed by atoms with van der Waals surface area (Å²) in [5.41, 5.74) is 2.99. The van der Waals surface area contributed by atoms with Crippen LogP contribution in [-0.2, 0) is 17.6 Å². The highest BCUT2D eigenvalue weighted by molar-refractivity contribution is 7.99. The number of nitrogens with zero attached hydrogens (tertiary/aromatic N) is 2. The van der Waals surface area contributed by atoms with Crippen LogP contribution in [0, 0.1) is 0 Å². The normalized spacial score (nSPS) is 13.3. The minimum atomic E-state index is -0.121. The summed E-state index contributed by atoms with van der Waals surface area (Å²) in [4.78, 5) is 36.8. The molecule has 0 unspecified atom stereocenters. The second-order valence-electron chi connectivity index (χ2n) is 7.32. The van der Waals surface area contributed by atoms with Crippen LogP contribution >= 0.6 is 23.1 Å². The molecule has 0 bridgehead atoms. The number of aromatic nitrogens is 2. The number of H-pyrrole nitrogens is 1. The lowest BCUT2D eigenvalue weighted by Gasteiger charge is -2.21. The number of nitrogens with one attached hydrogen (secondary N) is 2. The van der Waals surface area contributed by atoms with E-state index in [-0.39, 0.29) is 17.2 Å². The average Bonchev–Trinajstić information content (AvgIpc) is 3.13. The number of thiophene rings is 1. The van der Waals surface area contributed by atoms with E-state index in [0.29, 0.717) is 5.16 Å². The highest BCUT2D eigenvalue weighted by atomic mass is 32.2. The highest BCUT2D eigenvalue weighted by Gasteiger charge is 2.20. The summed E-state index contributed by atoms with van der Waals surface area (Å²) < 4.78 is 0. The molecular formula is C22H26N4O2S2. The number of carbonyl (C=O) groups excluding carboxylic acids is 1. The fourth-order valence-corrected chi connectivity index (χ4v) is 5.87. The molecule has 158 valence electrons. The maximum Gasteiger partial charge on any atom is 0.260 e. The lowest BCUT2D eigenvalue weighted by Crippen LogP contribution is -2.21. The van der Waals surface area contributed by atoms with Crippen molar-refractivity contribution >= 4 is 50.6 Å². The predicted octanol–water partition coefficient (Wildman–Crippen LogP) is 4.44. The Balaban J connectivity index is 1.40. The van der Waals surface area contributed by atoms with Gasteiger partial charge in [-0.1, -0.05) is 11.8 Å². The summed E-state index contributed by atoms with van der Waals surface area (Å²) in [6.07, 6.45) is 4.30. The fraction of sp³-hybridized carbons (Fsp3) is 0.409. The first-order chi connectivity index (χ1) is 14.6. The molecule has 0 fully saturated rings. The Bertz CT molecular complexity index is 1100. The topological polar surface area (TPSA) is 78.1 Å². The Hall–Kier alpha value is -2.32. The van der Waals surface area contributed by atoms with Crippen LogP contribution in [-0.4, -0.2) is 34.7 Å². The van der Waals surface area contributed by atoms with Crippen LogP contribution in [0.4, 0.5) is 11.4 Å². The number of aromatic amines is 1. The lowest BCUT2D eigenvalue weighted by molar-refractivity contribution is -0.113. The van der Waals surface area contributed by atoms with Crippen molar-refractivity contribution in [3.63, 3.8) is 0 Å². The molecule has 6 nitrogen and oxygen atoms in total. The summed E-state index contributed by atoms with van der Waals surface area (Å²) >= 11 is 2.88. The molecule has 1 aromatic carbocycles. The molecule has 2 aromatic heterocycles. The van der Waals surface area contributed by atoms with Crippen molar-refractivity contribution in [3.05, 3.63) is 45.1 Å². The molecule has 2 N–H and O–H groups in total. The Kier molecular flexibility index (Phi) is 6.43. The third-order valence-electron chi connectivity index (χ3n) is 5.42. The van der Waals surface area contributed by atoms with E-state index in [1.807, 2.05) is 24.3 Å². The molecule has 0 atom stereocenters. The summed E-state index contributed by atoms with van der Waals surface area (Å²) in [7, 11) is 0. The number of fused-ring (bicyclic) bond motifs is 3. The zero-order valence-electron chi connectivity index (χ0n) is 17.3. The van der Waals surface area contributed by atoms with E-state index < -0.39 is 0 Å². The number of rotatable bonds is 7. The molecule has 1 aliphatic carbocycles. The Morgan fingerprint density at radius 2 is 1.93 bits per heavy atom. The molecule has 0 saturated carbocycles. The number of anilines is 2. The molecule has 0 saturated heterocycles. The van der Waals surface area contributed by atoms with Crippen molar-refractivity contribution in [2.24, 2.45) is 0 Å². The molecule has 30 heavy (non-hydrogen) atoms. The van der Waals surface area contributed by atoms with Gasteiger partial charge in [0, 0.05) is 29.3 Å². The second kappa shape index (κ2) is 9.22. The smallest absolute Gasteiger partial charge is 0.260 e. The maximum absolute atomic E-state index is 12.6. The Morgan fingerprint density at radius 1 is 1.20 bits per heavy atom. The van der Waals surface area contributed by atoms with Crippen LogP contribution in [0.1, 0.15) is 37.1 Å². The first kappa shape index (κ1) is 20.9. The van der Waals surface area contributed by atoms with Gasteiger partial charge in [-0.3, -0.25) is 9.59 Å². The number of thioether (sulfide) groups is 1. The summed E-state index contributed by atoms with van der Waals surface area (Å²) in [6, 6.07) is 7.86. The van der Waals surface area contributed by atoms with Gasteiger partial charge in [0.2, 0.25) is 5.91 Å². The SMILES string of the molecule is CCN(CC)c1ccc(NC(=O)CSc2nc3sc4c(c3c(=O)[nH]2)CCCC4)cc1. The van der Waals surface area contributed by atoms with E-state index in [9.17, 15) is 9.59 Å². The van der Waals surface area contributed by atoms with Gasteiger partial charge in [-0.2, -0.15) is 0 Å². The van der Waals surface area contributed by atoms with E-state index in [1.54, 1.807) is 11.3 Å². The average molecular weight is 443 g/mol. The van der Waals surface area contributed by atoms with Crippen LogP contribution in [0.3, 0.4) is 0 Å². The van der Waals surface area contributed by atoms with Crippen LogP contribution in [0.25, 0.3) is 10.2 Å². The van der Waals surface area contributed by atoms with Crippen molar-refractivity contribution in [1.82, 2.24) is 9.97 Å². The summed E-state index contributed by atoms with van der Waals surface area (Å²) in [5, 5.41) is 4.16. The van der Waals surface area contributed by atoms with Gasteiger partial charge < -0.3 is 15.2 Å². The molecule has 2 heterocycles. The van der Waals surface area contributed by atoms with Crippen LogP contribution < -0.4 is 15.8 Å². The molecule has 8 heteroatoms. The number of hydrogen-bond donors (Lipinski definition) is 2. The number of hydrogen-bond acceptors (Lipinski definition) is 6. The molecule has 3 aromatic rings. The fourth-order valence-electron chi connectivity index (χ4n) is 3.89. The van der Waals surface area contributed by atoms with Crippen LogP contribution in [0.5, 0.6) is 0 Å². The van der Waals surface area contributed by atoms with E-state index in [4.69, 9.17) is 0 Å². The molecule has 1 amide bonds. The third kappa shape index (κ3) is 4.39. The van der Waals surface area contributed by atoms with E-state index in [1.165, 1.54) is 28.6 Å². The van der Waals surface area contributed by atoms with Gasteiger partial charge >= 0.3 is 0 Å². The largest absolute Gasteiger partial charge is 0.372 e. The van der Waals surface area contributed by atoms with E-state index in [2.05, 4.69) is 34.0 Å². The standard InChI is InChI=1S/C22H26N4O2S2/c1-3-26(4-2)15-11-9-14(10-12-15)23-18(27)13-29-22-24-20(28)19-16-7-5-6-8-17(16)30-21(19)25-22/h9-12H,3-8,13H2,1-2H3,(H,23,27)(H,24,25,28). The Morgan fingerprint density at radius 3 is 2.67 bits per heavy atom. The third-order valence-corrected chi connectivity index (χ3v) is 7.48. The number of amides is 1. The molecule has 0 aliphatic heterocycles. The van der Waals surface area contributed by atoms with Gasteiger partial charge in [-0.25, -0.2) is 4.98 Å². The van der Waals surface area contributed by atoms with Gasteiger partial charge in [0.05, 0.1) is 11.1 Å². The zero-order chi connectivity index (χ0) is 21.1. The van der Waals surface area contributed by atoms with Gasteiger partial charge in [-0.15, -0.1) is 11.3 Å². The zero-order valence-corrected chi connectivity index (χ0v) is 18.9. The summed E-state index contributed by atoms with van der Waals surface area (Å²) in [6.45, 7) is 6.14. The number of aryl methyl sites for hydroxylation is 2. The highest BCUT2D eigenvalue weighted by Crippen LogP contribution is 2.34. The Labute approximate surface area is 184 Å². The van der Waals surface area contributed by atoms with Crippen molar-refractivity contribution in [2.45, 2.75) is 44.7 Å². The lowest BCUT2D eigenvalue weighted by atomic mass is 9.97. The summed E-state index contributed by atoms with van der Waals surface area (Å²) in [5.74, 6) is 0.0703.